The van der Waals surface area contributed by atoms with Gasteiger partial charge in [-0.25, -0.2) is 0 Å². The van der Waals surface area contributed by atoms with E-state index in [1.165, 1.54) is 116 Å². The molecule has 2 amide bonds. The molecule has 0 spiro atoms. The van der Waals surface area contributed by atoms with Crippen LogP contribution in [-0.2, 0) is 9.59 Å². The minimum Gasteiger partial charge on any atom is -0.369 e. The highest BCUT2D eigenvalue weighted by Crippen LogP contribution is 2.51. The summed E-state index contributed by atoms with van der Waals surface area (Å²) < 4.78 is 0. The summed E-state index contributed by atoms with van der Waals surface area (Å²) >= 11 is 0. The third-order valence-corrected chi connectivity index (χ3v) is 15.9. The van der Waals surface area contributed by atoms with E-state index in [1.54, 1.807) is 51.1 Å². The standard InChI is InChI=1S/C28H56N2O2S5/c1-3-5-7-9-11-13-15-17-19-21-23-25(27(29)31)33-35-37-36-34-26(28(30)32)24-22-20-18-16-14-12-10-8-6-4-2/h25-26H,3-24H2,1-2H3,(H2,29,31)(H2,30,32). The third kappa shape index (κ3) is 26.7. The number of rotatable bonds is 30. The van der Waals surface area contributed by atoms with Gasteiger partial charge in [-0.1, -0.05) is 164 Å². The first kappa shape index (κ1) is 37.7. The molecule has 0 aliphatic rings. The molecule has 0 aromatic rings. The topological polar surface area (TPSA) is 86.2 Å². The maximum Gasteiger partial charge on any atom is 0.231 e. The molecular weight excluding hydrogens is 557 g/mol. The first-order chi connectivity index (χ1) is 18.0. The monoisotopic (exact) mass is 612 g/mol. The summed E-state index contributed by atoms with van der Waals surface area (Å²) in [6.45, 7) is 4.51. The van der Waals surface area contributed by atoms with Crippen molar-refractivity contribution in [1.29, 1.82) is 0 Å². The Balaban J connectivity index is 3.78. The van der Waals surface area contributed by atoms with Crippen molar-refractivity contribution >= 4 is 62.9 Å². The van der Waals surface area contributed by atoms with Gasteiger partial charge in [0.25, 0.3) is 0 Å². The largest absolute Gasteiger partial charge is 0.369 e. The van der Waals surface area contributed by atoms with E-state index in [4.69, 9.17) is 11.5 Å². The van der Waals surface area contributed by atoms with Crippen molar-refractivity contribution in [3.63, 3.8) is 0 Å². The fourth-order valence-electron chi connectivity index (χ4n) is 4.25. The molecule has 0 saturated heterocycles. The Morgan fingerprint density at radius 2 is 0.730 bits per heavy atom. The van der Waals surface area contributed by atoms with Crippen molar-refractivity contribution in [2.24, 2.45) is 11.5 Å². The second-order valence-electron chi connectivity index (χ2n) is 10.1. The van der Waals surface area contributed by atoms with E-state index in [-0.39, 0.29) is 22.3 Å². The highest BCUT2D eigenvalue weighted by molar-refractivity contribution is 9.35. The Kier molecular flexibility index (Phi) is 30.2. The molecule has 2 unspecified atom stereocenters. The van der Waals surface area contributed by atoms with Crippen LogP contribution in [0.3, 0.4) is 0 Å². The van der Waals surface area contributed by atoms with E-state index < -0.39 is 0 Å². The summed E-state index contributed by atoms with van der Waals surface area (Å²) in [5, 5.41) is -0.286. The van der Waals surface area contributed by atoms with E-state index in [1.807, 2.05) is 0 Å². The predicted molar refractivity (Wildman–Crippen MR) is 177 cm³/mol. The van der Waals surface area contributed by atoms with Gasteiger partial charge in [0.2, 0.25) is 11.8 Å². The van der Waals surface area contributed by atoms with Gasteiger partial charge >= 0.3 is 0 Å². The van der Waals surface area contributed by atoms with Gasteiger partial charge in [0.15, 0.2) is 0 Å². The van der Waals surface area contributed by atoms with Gasteiger partial charge in [0, 0.05) is 0 Å². The van der Waals surface area contributed by atoms with Crippen LogP contribution in [0.1, 0.15) is 155 Å². The molecule has 4 N–H and O–H groups in total. The minimum absolute atomic E-state index is 0.143. The zero-order valence-corrected chi connectivity index (χ0v) is 27.8. The Morgan fingerprint density at radius 3 is 1.00 bits per heavy atom. The SMILES string of the molecule is CCCCCCCCCCCCC(SSSSSC(CCCCCCCCCCCC)C(N)=O)C(N)=O. The Hall–Kier alpha value is 0.690. The summed E-state index contributed by atoms with van der Waals surface area (Å²) in [4.78, 5) is 23.7. The number of nitrogens with two attached hydrogens (primary N) is 2. The molecule has 4 nitrogen and oxygen atoms in total. The van der Waals surface area contributed by atoms with Gasteiger partial charge < -0.3 is 11.5 Å². The van der Waals surface area contributed by atoms with Crippen molar-refractivity contribution in [3.8, 4) is 0 Å². The second-order valence-corrected chi connectivity index (χ2v) is 18.1. The molecule has 2 atom stereocenters. The summed E-state index contributed by atoms with van der Waals surface area (Å²) in [6, 6.07) is 0. The maximum atomic E-state index is 11.8. The first-order valence-electron chi connectivity index (χ1n) is 14.9. The Labute approximate surface area is 248 Å². The number of primary amides is 2. The van der Waals surface area contributed by atoms with Gasteiger partial charge in [-0.15, -0.1) is 0 Å². The highest BCUT2D eigenvalue weighted by atomic mass is 33.8. The number of carbonyl (C=O) groups is 2. The minimum atomic E-state index is -0.220. The van der Waals surface area contributed by atoms with Crippen LogP contribution in [0.5, 0.6) is 0 Å². The van der Waals surface area contributed by atoms with Crippen LogP contribution in [0.25, 0.3) is 0 Å². The van der Waals surface area contributed by atoms with Gasteiger partial charge in [0.1, 0.15) is 0 Å². The van der Waals surface area contributed by atoms with E-state index in [9.17, 15) is 9.59 Å². The molecule has 220 valence electrons. The molecule has 0 rings (SSSR count). The van der Waals surface area contributed by atoms with Crippen LogP contribution < -0.4 is 11.5 Å². The summed E-state index contributed by atoms with van der Waals surface area (Å²) in [5.74, 6) is -0.440. The molecule has 0 saturated carbocycles. The van der Waals surface area contributed by atoms with Crippen molar-refractivity contribution in [1.82, 2.24) is 0 Å². The molecule has 37 heavy (non-hydrogen) atoms. The molecule has 0 aliphatic carbocycles. The average Bonchev–Trinajstić information content (AvgIpc) is 2.87. The van der Waals surface area contributed by atoms with E-state index >= 15 is 0 Å². The molecule has 0 aliphatic heterocycles. The normalized spacial score (nSPS) is 13.0. The first-order valence-corrected chi connectivity index (χ1v) is 21.2. The van der Waals surface area contributed by atoms with Crippen LogP contribution in [0.15, 0.2) is 0 Å². The molecule has 0 bridgehead atoms. The molecule has 0 fully saturated rings. The van der Waals surface area contributed by atoms with Crippen LogP contribution in [-0.4, -0.2) is 22.3 Å². The van der Waals surface area contributed by atoms with Gasteiger partial charge in [-0.3, -0.25) is 9.59 Å². The van der Waals surface area contributed by atoms with E-state index in [0.29, 0.717) is 0 Å². The quantitative estimate of drug-likeness (QED) is 0.0616. The summed E-state index contributed by atoms with van der Waals surface area (Å²) in [7, 11) is 7.91. The van der Waals surface area contributed by atoms with Crippen LogP contribution in [0.4, 0.5) is 0 Å². The van der Waals surface area contributed by atoms with Crippen LogP contribution in [0, 0.1) is 0 Å². The van der Waals surface area contributed by atoms with Crippen molar-refractivity contribution in [2.75, 3.05) is 0 Å². The number of unbranched alkanes of at least 4 members (excludes halogenated alkanes) is 18. The zero-order chi connectivity index (χ0) is 27.4. The lowest BCUT2D eigenvalue weighted by Gasteiger charge is -2.13. The van der Waals surface area contributed by atoms with Crippen molar-refractivity contribution in [2.45, 2.75) is 166 Å². The van der Waals surface area contributed by atoms with E-state index in [2.05, 4.69) is 13.8 Å². The predicted octanol–water partition coefficient (Wildman–Crippen LogP) is 10.6. The lowest BCUT2D eigenvalue weighted by atomic mass is 10.1. The Bertz CT molecular complexity index is 485. The molecule has 0 radical (unpaired) electrons. The van der Waals surface area contributed by atoms with E-state index in [0.717, 1.165) is 25.7 Å². The molecule has 0 aromatic carbocycles. The fourth-order valence-corrected chi connectivity index (χ4v) is 13.9. The molecule has 0 aromatic heterocycles. The maximum absolute atomic E-state index is 11.8. The van der Waals surface area contributed by atoms with Gasteiger partial charge in [0.05, 0.1) is 10.5 Å². The second kappa shape index (κ2) is 29.7. The lowest BCUT2D eigenvalue weighted by Crippen LogP contribution is -2.25. The molecule has 9 heteroatoms. The Morgan fingerprint density at radius 1 is 0.459 bits per heavy atom. The highest BCUT2D eigenvalue weighted by Gasteiger charge is 2.19. The number of carbonyl (C=O) groups excluding carboxylic acids is 2. The van der Waals surface area contributed by atoms with Crippen LogP contribution in [0.2, 0.25) is 0 Å². The van der Waals surface area contributed by atoms with Crippen molar-refractivity contribution < 1.29 is 9.59 Å². The number of amides is 2. The average molecular weight is 613 g/mol. The number of hydrogen-bond donors (Lipinski definition) is 2. The van der Waals surface area contributed by atoms with Crippen molar-refractivity contribution in [3.05, 3.63) is 0 Å². The van der Waals surface area contributed by atoms with Gasteiger partial charge in [-0.05, 0) is 42.3 Å². The van der Waals surface area contributed by atoms with Gasteiger partial charge in [-0.2, -0.15) is 0 Å². The fraction of sp³-hybridized carbons (Fsp3) is 0.929. The zero-order valence-electron chi connectivity index (χ0n) is 23.7. The number of hydrogen-bond acceptors (Lipinski definition) is 7. The summed E-state index contributed by atoms with van der Waals surface area (Å²) in [6.07, 6.45) is 27.6. The van der Waals surface area contributed by atoms with Crippen LogP contribution >= 0.6 is 51.1 Å². The smallest absolute Gasteiger partial charge is 0.231 e. The molecular formula is C28H56N2O2S5. The lowest BCUT2D eigenvalue weighted by molar-refractivity contribution is -0.118. The summed E-state index contributed by atoms with van der Waals surface area (Å²) in [5.41, 5.74) is 11.3. The molecule has 0 heterocycles. The third-order valence-electron chi connectivity index (χ3n) is 6.64.